The number of hydrogen-bond acceptors (Lipinski definition) is 5. The molecular weight excluding hydrogens is 374 g/mol. The van der Waals surface area contributed by atoms with E-state index >= 15 is 0 Å². The SMILES string of the molecule is CC(C)OC(=O)CCCCCCN1C(=O)OCC[C@@H]1CO[Si](C)(C)C(C)(C)C. The van der Waals surface area contributed by atoms with E-state index in [-0.39, 0.29) is 29.2 Å². The van der Waals surface area contributed by atoms with E-state index in [9.17, 15) is 9.59 Å². The molecule has 1 amide bonds. The first kappa shape index (κ1) is 25.0. The third-order valence-electron chi connectivity index (χ3n) is 5.69. The van der Waals surface area contributed by atoms with Crippen molar-refractivity contribution in [3.8, 4) is 0 Å². The summed E-state index contributed by atoms with van der Waals surface area (Å²) >= 11 is 0. The van der Waals surface area contributed by atoms with Crippen molar-refractivity contribution >= 4 is 20.4 Å². The quantitative estimate of drug-likeness (QED) is 0.266. The van der Waals surface area contributed by atoms with Crippen LogP contribution >= 0.6 is 0 Å². The van der Waals surface area contributed by atoms with E-state index in [1.807, 2.05) is 18.7 Å². The summed E-state index contributed by atoms with van der Waals surface area (Å²) in [6.07, 6.45) is 4.68. The first-order chi connectivity index (χ1) is 12.9. The number of unbranched alkanes of at least 4 members (excludes halogenated alkanes) is 3. The maximum atomic E-state index is 12.2. The Balaban J connectivity index is 2.38. The van der Waals surface area contributed by atoms with Gasteiger partial charge in [0.15, 0.2) is 8.32 Å². The Morgan fingerprint density at radius 2 is 1.86 bits per heavy atom. The largest absolute Gasteiger partial charge is 0.463 e. The monoisotopic (exact) mass is 415 g/mol. The van der Waals surface area contributed by atoms with Crippen LogP contribution in [-0.4, -0.2) is 57.2 Å². The molecule has 0 aromatic carbocycles. The van der Waals surface area contributed by atoms with Crippen LogP contribution in [-0.2, 0) is 18.7 Å². The number of ether oxygens (including phenoxy) is 2. The Bertz CT molecular complexity index is 502. The molecule has 7 heteroatoms. The van der Waals surface area contributed by atoms with Crippen LogP contribution in [0.5, 0.6) is 0 Å². The van der Waals surface area contributed by atoms with Crippen molar-refractivity contribution in [3.05, 3.63) is 0 Å². The van der Waals surface area contributed by atoms with Crippen LogP contribution in [0.3, 0.4) is 0 Å². The number of rotatable bonds is 11. The van der Waals surface area contributed by atoms with E-state index in [0.29, 0.717) is 26.2 Å². The summed E-state index contributed by atoms with van der Waals surface area (Å²) in [5.74, 6) is -0.127. The van der Waals surface area contributed by atoms with Crippen LogP contribution in [0, 0.1) is 0 Å². The van der Waals surface area contributed by atoms with Gasteiger partial charge >= 0.3 is 12.1 Å². The number of carbonyl (C=O) groups is 2. The van der Waals surface area contributed by atoms with Crippen LogP contribution in [0.4, 0.5) is 4.79 Å². The van der Waals surface area contributed by atoms with Gasteiger partial charge in [0.2, 0.25) is 0 Å². The third kappa shape index (κ3) is 8.51. The highest BCUT2D eigenvalue weighted by Crippen LogP contribution is 2.37. The molecule has 0 aliphatic carbocycles. The molecule has 1 saturated heterocycles. The van der Waals surface area contributed by atoms with Crippen molar-refractivity contribution in [1.82, 2.24) is 4.90 Å². The molecule has 0 unspecified atom stereocenters. The molecule has 0 spiro atoms. The van der Waals surface area contributed by atoms with Gasteiger partial charge in [-0.25, -0.2) is 4.79 Å². The number of carbonyl (C=O) groups excluding carboxylic acids is 2. The van der Waals surface area contributed by atoms with Crippen LogP contribution in [0.1, 0.15) is 73.1 Å². The fourth-order valence-electron chi connectivity index (χ4n) is 2.87. The minimum Gasteiger partial charge on any atom is -0.463 e. The molecule has 1 aliphatic heterocycles. The minimum atomic E-state index is -1.83. The van der Waals surface area contributed by atoms with Gasteiger partial charge in [-0.1, -0.05) is 33.6 Å². The molecule has 164 valence electrons. The minimum absolute atomic E-state index is 0.0527. The third-order valence-corrected chi connectivity index (χ3v) is 10.2. The fraction of sp³-hybridized carbons (Fsp3) is 0.905. The molecule has 0 radical (unpaired) electrons. The Kier molecular flexibility index (Phi) is 9.97. The molecule has 0 aromatic heterocycles. The predicted molar refractivity (Wildman–Crippen MR) is 114 cm³/mol. The molecule has 1 rings (SSSR count). The van der Waals surface area contributed by atoms with Crippen LogP contribution < -0.4 is 0 Å². The van der Waals surface area contributed by atoms with Gasteiger partial charge in [0, 0.05) is 19.4 Å². The van der Waals surface area contributed by atoms with E-state index in [4.69, 9.17) is 13.9 Å². The zero-order chi connectivity index (χ0) is 21.4. The van der Waals surface area contributed by atoms with Gasteiger partial charge in [-0.15, -0.1) is 0 Å². The number of cyclic esters (lactones) is 1. The van der Waals surface area contributed by atoms with Gasteiger partial charge in [0.1, 0.15) is 0 Å². The smallest absolute Gasteiger partial charge is 0.410 e. The molecule has 1 aliphatic rings. The van der Waals surface area contributed by atoms with E-state index < -0.39 is 8.32 Å². The maximum Gasteiger partial charge on any atom is 0.410 e. The normalized spacial score (nSPS) is 18.4. The number of esters is 1. The summed E-state index contributed by atoms with van der Waals surface area (Å²) in [5.41, 5.74) is 0. The second-order valence-corrected chi connectivity index (χ2v) is 14.3. The highest BCUT2D eigenvalue weighted by Gasteiger charge is 2.39. The van der Waals surface area contributed by atoms with Crippen molar-refractivity contribution in [2.45, 2.75) is 103 Å². The van der Waals surface area contributed by atoms with Crippen LogP contribution in [0.2, 0.25) is 18.1 Å². The Hall–Kier alpha value is -1.08. The number of nitrogens with zero attached hydrogens (tertiary/aromatic N) is 1. The molecule has 0 aromatic rings. The second kappa shape index (κ2) is 11.2. The lowest BCUT2D eigenvalue weighted by Gasteiger charge is -2.40. The zero-order valence-electron chi connectivity index (χ0n) is 19.0. The van der Waals surface area contributed by atoms with E-state index in [2.05, 4.69) is 33.9 Å². The Morgan fingerprint density at radius 3 is 2.46 bits per heavy atom. The molecule has 1 fully saturated rings. The molecule has 1 heterocycles. The standard InChI is InChI=1S/C21H41NO5Si/c1-17(2)27-19(23)12-10-8-9-11-14-22-18(13-15-25-20(22)24)16-26-28(6,7)21(3,4)5/h17-18H,8-16H2,1-7H3/t18-/m1/s1. The molecule has 1 atom stereocenters. The summed E-state index contributed by atoms with van der Waals surface area (Å²) in [4.78, 5) is 25.6. The van der Waals surface area contributed by atoms with Crippen molar-refractivity contribution in [2.75, 3.05) is 19.8 Å². The molecule has 0 N–H and O–H groups in total. The number of hydrogen-bond donors (Lipinski definition) is 0. The summed E-state index contributed by atoms with van der Waals surface area (Å²) in [5, 5.41) is 0.156. The van der Waals surface area contributed by atoms with Crippen molar-refractivity contribution in [1.29, 1.82) is 0 Å². The van der Waals surface area contributed by atoms with E-state index in [1.165, 1.54) is 0 Å². The maximum absolute atomic E-state index is 12.2. The van der Waals surface area contributed by atoms with Crippen molar-refractivity contribution < 1.29 is 23.5 Å². The topological polar surface area (TPSA) is 65.1 Å². The molecule has 0 saturated carbocycles. The lowest BCUT2D eigenvalue weighted by molar-refractivity contribution is -0.147. The first-order valence-corrected chi connectivity index (χ1v) is 13.6. The molecule has 28 heavy (non-hydrogen) atoms. The molecule has 0 bridgehead atoms. The number of amides is 1. The fourth-order valence-corrected chi connectivity index (χ4v) is 3.91. The highest BCUT2D eigenvalue weighted by atomic mass is 28.4. The zero-order valence-corrected chi connectivity index (χ0v) is 20.0. The van der Waals surface area contributed by atoms with Crippen LogP contribution in [0.25, 0.3) is 0 Å². The summed E-state index contributed by atoms with van der Waals surface area (Å²) in [6, 6.07) is 0.0939. The Labute approximate surface area is 172 Å². The lowest BCUT2D eigenvalue weighted by Crippen LogP contribution is -2.51. The van der Waals surface area contributed by atoms with Crippen molar-refractivity contribution in [2.24, 2.45) is 0 Å². The van der Waals surface area contributed by atoms with E-state index in [0.717, 1.165) is 32.1 Å². The first-order valence-electron chi connectivity index (χ1n) is 10.7. The summed E-state index contributed by atoms with van der Waals surface area (Å²) in [6.45, 7) is 16.6. The molecule has 6 nitrogen and oxygen atoms in total. The van der Waals surface area contributed by atoms with Crippen molar-refractivity contribution in [3.63, 3.8) is 0 Å². The Morgan fingerprint density at radius 1 is 1.21 bits per heavy atom. The lowest BCUT2D eigenvalue weighted by atomic mass is 10.1. The van der Waals surface area contributed by atoms with E-state index in [1.54, 1.807) is 0 Å². The summed E-state index contributed by atoms with van der Waals surface area (Å²) in [7, 11) is -1.83. The van der Waals surface area contributed by atoms with Gasteiger partial charge in [-0.05, 0) is 44.8 Å². The van der Waals surface area contributed by atoms with Crippen LogP contribution in [0.15, 0.2) is 0 Å². The highest BCUT2D eigenvalue weighted by molar-refractivity contribution is 6.74. The predicted octanol–water partition coefficient (Wildman–Crippen LogP) is 5.12. The van der Waals surface area contributed by atoms with Gasteiger partial charge in [0.25, 0.3) is 0 Å². The van der Waals surface area contributed by atoms with Gasteiger partial charge in [0.05, 0.1) is 25.4 Å². The second-order valence-electron chi connectivity index (χ2n) is 9.52. The van der Waals surface area contributed by atoms with Gasteiger partial charge in [-0.2, -0.15) is 0 Å². The van der Waals surface area contributed by atoms with Gasteiger partial charge in [-0.3, -0.25) is 4.79 Å². The molecular formula is C21H41NO5Si. The average Bonchev–Trinajstić information content (AvgIpc) is 2.56. The summed E-state index contributed by atoms with van der Waals surface area (Å²) < 4.78 is 16.7. The average molecular weight is 416 g/mol. The van der Waals surface area contributed by atoms with Gasteiger partial charge < -0.3 is 18.8 Å².